The number of esters is 1. The first kappa shape index (κ1) is 13.4. The number of ether oxygens (including phenoxy) is 2. The summed E-state index contributed by atoms with van der Waals surface area (Å²) in [4.78, 5) is 15.7. The van der Waals surface area contributed by atoms with Crippen LogP contribution in [0.1, 0.15) is 16.1 Å². The third kappa shape index (κ3) is 2.53. The zero-order valence-corrected chi connectivity index (χ0v) is 11.7. The minimum atomic E-state index is -0.529. The smallest absolute Gasteiger partial charge is 0.359 e. The molecule has 0 spiro atoms. The molecule has 0 saturated carbocycles. The first-order valence-electron chi connectivity index (χ1n) is 5.56. The fourth-order valence-corrected chi connectivity index (χ4v) is 2.47. The maximum atomic E-state index is 11.5. The van der Waals surface area contributed by atoms with Gasteiger partial charge in [-0.15, -0.1) is 0 Å². The summed E-state index contributed by atoms with van der Waals surface area (Å²) < 4.78 is 9.90. The highest BCUT2D eigenvalue weighted by Crippen LogP contribution is 2.33. The Morgan fingerprint density at radius 3 is 2.74 bits per heavy atom. The van der Waals surface area contributed by atoms with E-state index in [-0.39, 0.29) is 5.69 Å². The summed E-state index contributed by atoms with van der Waals surface area (Å²) in [6.07, 6.45) is 0. The molecule has 100 valence electrons. The van der Waals surface area contributed by atoms with E-state index in [0.29, 0.717) is 10.0 Å². The van der Waals surface area contributed by atoms with Gasteiger partial charge in [0.15, 0.2) is 5.69 Å². The van der Waals surface area contributed by atoms with Gasteiger partial charge in [0.25, 0.3) is 0 Å². The molecule has 2 rings (SSSR count). The molecule has 2 N–H and O–H groups in total. The lowest BCUT2D eigenvalue weighted by atomic mass is 10.1. The molecule has 0 saturated heterocycles. The number of anilines is 1. The number of rotatable bonds is 3. The standard InChI is InChI=1S/C13H14N2O3S/c1-7-4-5-8(6-9(7)17-2)12-15-10(11(14)19-12)13(16)18-3/h4-6H,14H2,1-3H3. The van der Waals surface area contributed by atoms with Gasteiger partial charge in [0.05, 0.1) is 14.2 Å². The number of methoxy groups -OCH3 is 2. The molecule has 1 heterocycles. The predicted molar refractivity (Wildman–Crippen MR) is 74.6 cm³/mol. The molecule has 0 atom stereocenters. The van der Waals surface area contributed by atoms with E-state index in [1.54, 1.807) is 7.11 Å². The van der Waals surface area contributed by atoms with Crippen molar-refractivity contribution in [1.82, 2.24) is 4.98 Å². The van der Waals surface area contributed by atoms with Crippen LogP contribution in [-0.2, 0) is 4.74 Å². The highest BCUT2D eigenvalue weighted by Gasteiger charge is 2.17. The number of hydrogen-bond acceptors (Lipinski definition) is 6. The first-order valence-corrected chi connectivity index (χ1v) is 6.38. The summed E-state index contributed by atoms with van der Waals surface area (Å²) in [5, 5.41) is 1.01. The van der Waals surface area contributed by atoms with Gasteiger partial charge in [0, 0.05) is 5.56 Å². The van der Waals surface area contributed by atoms with Gasteiger partial charge in [-0.2, -0.15) is 0 Å². The van der Waals surface area contributed by atoms with Gasteiger partial charge in [-0.1, -0.05) is 23.5 Å². The second-order valence-corrected chi connectivity index (χ2v) is 4.94. The van der Waals surface area contributed by atoms with Crippen molar-refractivity contribution in [2.75, 3.05) is 20.0 Å². The molecule has 0 aliphatic carbocycles. The molecule has 19 heavy (non-hydrogen) atoms. The summed E-state index contributed by atoms with van der Waals surface area (Å²) >= 11 is 1.25. The molecule has 0 fully saturated rings. The molecule has 1 aromatic heterocycles. The van der Waals surface area contributed by atoms with Crippen molar-refractivity contribution in [1.29, 1.82) is 0 Å². The third-order valence-corrected chi connectivity index (χ3v) is 3.62. The molecule has 2 aromatic rings. The summed E-state index contributed by atoms with van der Waals surface area (Å²) in [6, 6.07) is 5.72. The van der Waals surface area contributed by atoms with Crippen molar-refractivity contribution >= 4 is 22.3 Å². The largest absolute Gasteiger partial charge is 0.496 e. The lowest BCUT2D eigenvalue weighted by Crippen LogP contribution is -2.04. The lowest BCUT2D eigenvalue weighted by molar-refractivity contribution is 0.0596. The highest BCUT2D eigenvalue weighted by atomic mass is 32.1. The van der Waals surface area contributed by atoms with E-state index in [9.17, 15) is 4.79 Å². The van der Waals surface area contributed by atoms with Crippen molar-refractivity contribution in [2.24, 2.45) is 0 Å². The van der Waals surface area contributed by atoms with Gasteiger partial charge in [-0.3, -0.25) is 0 Å². The number of aromatic nitrogens is 1. The van der Waals surface area contributed by atoms with Crippen molar-refractivity contribution in [3.63, 3.8) is 0 Å². The molecule has 0 aliphatic rings. The van der Waals surface area contributed by atoms with E-state index < -0.39 is 5.97 Å². The average molecular weight is 278 g/mol. The van der Waals surface area contributed by atoms with Gasteiger partial charge < -0.3 is 15.2 Å². The molecular weight excluding hydrogens is 264 g/mol. The van der Waals surface area contributed by atoms with Crippen LogP contribution in [0.5, 0.6) is 5.75 Å². The van der Waals surface area contributed by atoms with E-state index in [0.717, 1.165) is 16.9 Å². The van der Waals surface area contributed by atoms with E-state index in [1.807, 2.05) is 25.1 Å². The molecule has 0 aliphatic heterocycles. The summed E-state index contributed by atoms with van der Waals surface area (Å²) in [7, 11) is 2.91. The van der Waals surface area contributed by atoms with Crippen LogP contribution in [0.3, 0.4) is 0 Å². The van der Waals surface area contributed by atoms with Crippen LogP contribution >= 0.6 is 11.3 Å². The Morgan fingerprint density at radius 2 is 2.11 bits per heavy atom. The molecular formula is C13H14N2O3S. The monoisotopic (exact) mass is 278 g/mol. The van der Waals surface area contributed by atoms with Gasteiger partial charge in [0.1, 0.15) is 15.8 Å². The fourth-order valence-electron chi connectivity index (χ4n) is 1.65. The second-order valence-electron chi connectivity index (χ2n) is 3.91. The van der Waals surface area contributed by atoms with Gasteiger partial charge >= 0.3 is 5.97 Å². The van der Waals surface area contributed by atoms with Crippen LogP contribution in [0.25, 0.3) is 10.6 Å². The topological polar surface area (TPSA) is 74.4 Å². The maximum Gasteiger partial charge on any atom is 0.359 e. The van der Waals surface area contributed by atoms with Crippen LogP contribution in [0.15, 0.2) is 18.2 Å². The van der Waals surface area contributed by atoms with E-state index >= 15 is 0 Å². The molecule has 6 heteroatoms. The third-order valence-electron chi connectivity index (χ3n) is 2.69. The number of benzene rings is 1. The molecule has 5 nitrogen and oxygen atoms in total. The first-order chi connectivity index (χ1) is 9.06. The Morgan fingerprint density at radius 1 is 1.37 bits per heavy atom. The molecule has 0 bridgehead atoms. The molecule has 0 radical (unpaired) electrons. The molecule has 0 unspecified atom stereocenters. The summed E-state index contributed by atoms with van der Waals surface area (Å²) in [6.45, 7) is 1.96. The number of thiazole rings is 1. The minimum absolute atomic E-state index is 0.155. The number of nitrogen functional groups attached to an aromatic ring is 1. The number of nitrogens with zero attached hydrogens (tertiary/aromatic N) is 1. The van der Waals surface area contributed by atoms with Crippen LogP contribution in [0.4, 0.5) is 5.00 Å². The Bertz CT molecular complexity index is 622. The zero-order valence-electron chi connectivity index (χ0n) is 10.9. The normalized spacial score (nSPS) is 10.3. The van der Waals surface area contributed by atoms with E-state index in [2.05, 4.69) is 9.72 Å². The lowest BCUT2D eigenvalue weighted by Gasteiger charge is -2.05. The quantitative estimate of drug-likeness (QED) is 0.873. The van der Waals surface area contributed by atoms with Crippen LogP contribution in [0, 0.1) is 6.92 Å². The minimum Gasteiger partial charge on any atom is -0.496 e. The van der Waals surface area contributed by atoms with Crippen molar-refractivity contribution < 1.29 is 14.3 Å². The van der Waals surface area contributed by atoms with Crippen LogP contribution in [0.2, 0.25) is 0 Å². The Kier molecular flexibility index (Phi) is 3.71. The van der Waals surface area contributed by atoms with Gasteiger partial charge in [0.2, 0.25) is 0 Å². The van der Waals surface area contributed by atoms with Gasteiger partial charge in [-0.25, -0.2) is 9.78 Å². The number of carbonyl (C=O) groups excluding carboxylic acids is 1. The predicted octanol–water partition coefficient (Wildman–Crippen LogP) is 2.50. The SMILES string of the molecule is COC(=O)c1nc(-c2ccc(C)c(OC)c2)sc1N. The Balaban J connectivity index is 2.45. The zero-order chi connectivity index (χ0) is 14.0. The van der Waals surface area contributed by atoms with E-state index in [1.165, 1.54) is 18.4 Å². The number of aryl methyl sites for hydroxylation is 1. The van der Waals surface area contributed by atoms with Crippen LogP contribution < -0.4 is 10.5 Å². The van der Waals surface area contributed by atoms with E-state index in [4.69, 9.17) is 10.5 Å². The second kappa shape index (κ2) is 5.27. The molecule has 0 amide bonds. The maximum absolute atomic E-state index is 11.5. The summed E-state index contributed by atoms with van der Waals surface area (Å²) in [5.41, 5.74) is 7.82. The van der Waals surface area contributed by atoms with Crippen molar-refractivity contribution in [2.45, 2.75) is 6.92 Å². The summed E-state index contributed by atoms with van der Waals surface area (Å²) in [5.74, 6) is 0.241. The number of hydrogen-bond donors (Lipinski definition) is 1. The Labute approximate surface area is 115 Å². The fraction of sp³-hybridized carbons (Fsp3) is 0.231. The average Bonchev–Trinajstić information content (AvgIpc) is 2.80. The number of nitrogens with two attached hydrogens (primary N) is 1. The highest BCUT2D eigenvalue weighted by molar-refractivity contribution is 7.19. The van der Waals surface area contributed by atoms with Crippen molar-refractivity contribution in [3.8, 4) is 16.3 Å². The van der Waals surface area contributed by atoms with Crippen molar-refractivity contribution in [3.05, 3.63) is 29.5 Å². The van der Waals surface area contributed by atoms with Crippen LogP contribution in [-0.4, -0.2) is 25.2 Å². The number of carbonyl (C=O) groups is 1. The van der Waals surface area contributed by atoms with Gasteiger partial charge in [-0.05, 0) is 18.6 Å². The molecule has 1 aromatic carbocycles. The Hall–Kier alpha value is -2.08.